The Morgan fingerprint density at radius 2 is 2.10 bits per heavy atom. The summed E-state index contributed by atoms with van der Waals surface area (Å²) in [4.78, 5) is 10.4. The second kappa shape index (κ2) is 2.42. The maximum absolute atomic E-state index is 10.4. The predicted molar refractivity (Wildman–Crippen MR) is 39.1 cm³/mol. The van der Waals surface area contributed by atoms with Crippen LogP contribution < -0.4 is 0 Å². The molecule has 1 aliphatic rings. The van der Waals surface area contributed by atoms with E-state index in [1.54, 1.807) is 0 Å². The van der Waals surface area contributed by atoms with Crippen LogP contribution in [-0.4, -0.2) is 16.5 Å². The van der Waals surface area contributed by atoms with Crippen LogP contribution in [0.15, 0.2) is 0 Å². The van der Waals surface area contributed by atoms with Crippen LogP contribution in [0.5, 0.6) is 0 Å². The average Bonchev–Trinajstić information content (AvgIpc) is 2.40. The van der Waals surface area contributed by atoms with Crippen molar-refractivity contribution in [2.75, 3.05) is 0 Å². The van der Waals surface area contributed by atoms with Gasteiger partial charge in [0.2, 0.25) is 0 Å². The number of halogens is 1. The first-order valence-electron chi connectivity index (χ1n) is 3.42. The number of alkyl halides is 1. The van der Waals surface area contributed by atoms with Crippen LogP contribution in [0.3, 0.4) is 0 Å². The lowest BCUT2D eigenvalue weighted by Crippen LogP contribution is -2.02. The van der Waals surface area contributed by atoms with Crippen molar-refractivity contribution in [3.63, 3.8) is 0 Å². The lowest BCUT2D eigenvalue weighted by atomic mass is 10.1. The van der Waals surface area contributed by atoms with Crippen LogP contribution >= 0.6 is 11.6 Å². The van der Waals surface area contributed by atoms with E-state index in [2.05, 4.69) is 0 Å². The Kier molecular flexibility index (Phi) is 1.90. The molecule has 3 atom stereocenters. The van der Waals surface area contributed by atoms with E-state index in [1.807, 2.05) is 13.8 Å². The van der Waals surface area contributed by atoms with Gasteiger partial charge in [-0.1, -0.05) is 13.8 Å². The van der Waals surface area contributed by atoms with Crippen LogP contribution in [-0.2, 0) is 4.79 Å². The van der Waals surface area contributed by atoms with Crippen molar-refractivity contribution < 1.29 is 9.90 Å². The Hall–Kier alpha value is -0.240. The zero-order chi connectivity index (χ0) is 7.89. The summed E-state index contributed by atoms with van der Waals surface area (Å²) in [5.74, 6) is -0.455. The summed E-state index contributed by atoms with van der Waals surface area (Å²) in [5, 5.41) is 8.43. The number of carboxylic acid groups (broad SMARTS) is 1. The Morgan fingerprint density at radius 3 is 2.20 bits per heavy atom. The molecule has 0 heterocycles. The smallest absolute Gasteiger partial charge is 0.308 e. The topological polar surface area (TPSA) is 37.3 Å². The van der Waals surface area contributed by atoms with Gasteiger partial charge in [0, 0.05) is 0 Å². The summed E-state index contributed by atoms with van der Waals surface area (Å²) < 4.78 is 0. The predicted octanol–water partition coefficient (Wildman–Crippen LogP) is 1.58. The summed E-state index contributed by atoms with van der Waals surface area (Å²) in [7, 11) is 0. The molecular formula is C7H11ClO2. The zero-order valence-corrected chi connectivity index (χ0v) is 6.80. The van der Waals surface area contributed by atoms with E-state index >= 15 is 0 Å². The minimum atomic E-state index is -0.751. The largest absolute Gasteiger partial charge is 0.481 e. The maximum Gasteiger partial charge on any atom is 0.308 e. The van der Waals surface area contributed by atoms with Crippen LogP contribution in [0, 0.1) is 17.8 Å². The first-order chi connectivity index (χ1) is 4.55. The first kappa shape index (κ1) is 7.86. The highest BCUT2D eigenvalue weighted by atomic mass is 35.5. The van der Waals surface area contributed by atoms with E-state index in [4.69, 9.17) is 16.7 Å². The molecule has 0 aromatic rings. The van der Waals surface area contributed by atoms with Gasteiger partial charge in [0.1, 0.15) is 0 Å². The molecule has 1 fully saturated rings. The molecule has 1 rings (SSSR count). The Balaban J connectivity index is 2.49. The van der Waals surface area contributed by atoms with E-state index in [0.717, 1.165) is 0 Å². The molecule has 0 amide bonds. The maximum atomic E-state index is 10.4. The number of hydrogen-bond acceptors (Lipinski definition) is 1. The zero-order valence-electron chi connectivity index (χ0n) is 6.04. The highest BCUT2D eigenvalue weighted by molar-refractivity contribution is 6.24. The summed E-state index contributed by atoms with van der Waals surface area (Å²) in [6.45, 7) is 4.01. The number of carboxylic acids is 1. The van der Waals surface area contributed by atoms with Gasteiger partial charge in [0.15, 0.2) is 0 Å². The number of aliphatic carboxylic acids is 1. The van der Waals surface area contributed by atoms with Crippen LogP contribution in [0.25, 0.3) is 0 Å². The molecule has 2 nitrogen and oxygen atoms in total. The van der Waals surface area contributed by atoms with Gasteiger partial charge in [-0.2, -0.15) is 0 Å². The summed E-state index contributed by atoms with van der Waals surface area (Å²) in [5.41, 5.74) is 0. The fraction of sp³-hybridized carbons (Fsp3) is 0.857. The van der Waals surface area contributed by atoms with Crippen molar-refractivity contribution in [1.29, 1.82) is 0 Å². The van der Waals surface area contributed by atoms with E-state index < -0.39 is 5.97 Å². The highest BCUT2D eigenvalue weighted by Gasteiger charge is 2.55. The molecule has 1 N–H and O–H groups in total. The molecule has 1 saturated carbocycles. The summed E-state index contributed by atoms with van der Waals surface area (Å²) in [6, 6.07) is 0. The van der Waals surface area contributed by atoms with Gasteiger partial charge in [-0.3, -0.25) is 4.79 Å². The van der Waals surface area contributed by atoms with Gasteiger partial charge in [0.05, 0.1) is 11.3 Å². The lowest BCUT2D eigenvalue weighted by molar-refractivity contribution is -0.138. The summed E-state index contributed by atoms with van der Waals surface area (Å²) in [6.07, 6.45) is 0. The van der Waals surface area contributed by atoms with Crippen molar-refractivity contribution in [1.82, 2.24) is 0 Å². The van der Waals surface area contributed by atoms with E-state index in [1.165, 1.54) is 0 Å². The van der Waals surface area contributed by atoms with Gasteiger partial charge >= 0.3 is 5.97 Å². The molecule has 3 heteroatoms. The Labute approximate surface area is 65.2 Å². The third-order valence-corrected chi connectivity index (χ3v) is 2.60. The van der Waals surface area contributed by atoms with Crippen LogP contribution in [0.2, 0.25) is 0 Å². The second-order valence-corrected chi connectivity index (χ2v) is 3.63. The van der Waals surface area contributed by atoms with Crippen molar-refractivity contribution in [2.24, 2.45) is 17.8 Å². The van der Waals surface area contributed by atoms with Crippen molar-refractivity contribution in [3.8, 4) is 0 Å². The Morgan fingerprint density at radius 1 is 1.60 bits per heavy atom. The molecule has 58 valence electrons. The fourth-order valence-corrected chi connectivity index (χ4v) is 2.02. The van der Waals surface area contributed by atoms with Crippen molar-refractivity contribution in [2.45, 2.75) is 19.2 Å². The number of carbonyl (C=O) groups is 1. The minimum Gasteiger partial charge on any atom is -0.481 e. The SMILES string of the molecule is CC(C)[C@@H]1[C@H](Cl)[C@H]1C(=O)O. The Bertz CT molecular complexity index is 156. The molecule has 0 unspecified atom stereocenters. The molecule has 0 bridgehead atoms. The molecule has 0 aliphatic heterocycles. The van der Waals surface area contributed by atoms with Gasteiger partial charge in [-0.15, -0.1) is 11.6 Å². The van der Waals surface area contributed by atoms with Gasteiger partial charge in [0.25, 0.3) is 0 Å². The molecule has 0 aromatic carbocycles. The average molecular weight is 163 g/mol. The first-order valence-corrected chi connectivity index (χ1v) is 3.86. The quantitative estimate of drug-likeness (QED) is 0.626. The third kappa shape index (κ3) is 1.12. The molecule has 10 heavy (non-hydrogen) atoms. The molecule has 0 radical (unpaired) electrons. The monoisotopic (exact) mass is 162 g/mol. The van der Waals surface area contributed by atoms with Crippen LogP contribution in [0.4, 0.5) is 0 Å². The highest BCUT2D eigenvalue weighted by Crippen LogP contribution is 2.48. The molecule has 0 saturated heterocycles. The third-order valence-electron chi connectivity index (χ3n) is 2.04. The standard InChI is InChI=1S/C7H11ClO2/c1-3(2)4-5(6(4)8)7(9)10/h3-6H,1-2H3,(H,9,10)/t4-,5-,6-/m0/s1. The molecular weight excluding hydrogens is 152 g/mol. The van der Waals surface area contributed by atoms with E-state index in [-0.39, 0.29) is 17.2 Å². The number of hydrogen-bond donors (Lipinski definition) is 1. The number of rotatable bonds is 2. The van der Waals surface area contributed by atoms with E-state index in [0.29, 0.717) is 5.92 Å². The van der Waals surface area contributed by atoms with Crippen LogP contribution in [0.1, 0.15) is 13.8 Å². The van der Waals surface area contributed by atoms with E-state index in [9.17, 15) is 4.79 Å². The molecule has 0 spiro atoms. The second-order valence-electron chi connectivity index (χ2n) is 3.13. The van der Waals surface area contributed by atoms with Crippen molar-refractivity contribution in [3.05, 3.63) is 0 Å². The van der Waals surface area contributed by atoms with Gasteiger partial charge < -0.3 is 5.11 Å². The lowest BCUT2D eigenvalue weighted by Gasteiger charge is -1.97. The van der Waals surface area contributed by atoms with Gasteiger partial charge in [-0.05, 0) is 11.8 Å². The fourth-order valence-electron chi connectivity index (χ4n) is 1.38. The minimum absolute atomic E-state index is 0.127. The molecule has 1 aliphatic carbocycles. The normalized spacial score (nSPS) is 38.2. The van der Waals surface area contributed by atoms with Crippen molar-refractivity contribution >= 4 is 17.6 Å². The molecule has 0 aromatic heterocycles. The van der Waals surface area contributed by atoms with Gasteiger partial charge in [-0.25, -0.2) is 0 Å². The summed E-state index contributed by atoms with van der Waals surface area (Å²) >= 11 is 5.73.